The minimum atomic E-state index is -0.513. The summed E-state index contributed by atoms with van der Waals surface area (Å²) in [4.78, 5) is 27.3. The molecular formula is C23H20Cl3N3O3. The summed E-state index contributed by atoms with van der Waals surface area (Å²) in [6.45, 7) is 1.41. The third-order valence-corrected chi connectivity index (χ3v) is 6.68. The molecule has 2 heterocycles. The van der Waals surface area contributed by atoms with Gasteiger partial charge in [-0.05, 0) is 55.3 Å². The van der Waals surface area contributed by atoms with Gasteiger partial charge < -0.3 is 9.64 Å². The standard InChI is InChI=1S/C23H20Cl3N3O3/c1-32-17-5-2-14(3-6-17)22(30)15-8-10-28(11-9-15)20-7-4-16(12-18(20)24)29-23(31)21(26)19(25)13-27-29/h2-7,12-13,15H,8-11H2,1H3. The Morgan fingerprint density at radius 1 is 1.03 bits per heavy atom. The van der Waals surface area contributed by atoms with Crippen LogP contribution in [0.5, 0.6) is 5.75 Å². The molecule has 0 saturated carbocycles. The van der Waals surface area contributed by atoms with E-state index in [2.05, 4.69) is 10.00 Å². The maximum atomic E-state index is 12.8. The van der Waals surface area contributed by atoms with E-state index < -0.39 is 5.56 Å². The SMILES string of the molecule is COc1ccc(C(=O)C2CCN(c3ccc(-n4ncc(Cl)c(Cl)c4=O)cc3Cl)CC2)cc1. The van der Waals surface area contributed by atoms with Crippen LogP contribution >= 0.6 is 34.8 Å². The monoisotopic (exact) mass is 491 g/mol. The maximum Gasteiger partial charge on any atom is 0.291 e. The third-order valence-electron chi connectivity index (χ3n) is 5.63. The van der Waals surface area contributed by atoms with E-state index in [1.807, 2.05) is 18.2 Å². The molecule has 2 aromatic carbocycles. The highest BCUT2D eigenvalue weighted by atomic mass is 35.5. The zero-order valence-electron chi connectivity index (χ0n) is 17.2. The number of nitrogens with zero attached hydrogens (tertiary/aromatic N) is 3. The summed E-state index contributed by atoms with van der Waals surface area (Å²) in [5.74, 6) is 0.850. The summed E-state index contributed by atoms with van der Waals surface area (Å²) in [5, 5.41) is 4.53. The molecule has 1 aliphatic heterocycles. The number of methoxy groups -OCH3 is 1. The number of carbonyl (C=O) groups is 1. The fourth-order valence-corrected chi connectivity index (χ4v) is 4.40. The number of ketones is 1. The van der Waals surface area contributed by atoms with Gasteiger partial charge in [0.05, 0.1) is 34.7 Å². The van der Waals surface area contributed by atoms with Crippen molar-refractivity contribution in [2.24, 2.45) is 5.92 Å². The molecule has 3 aromatic rings. The van der Waals surface area contributed by atoms with E-state index in [0.717, 1.165) is 29.0 Å². The van der Waals surface area contributed by atoms with Crippen molar-refractivity contribution in [2.45, 2.75) is 12.8 Å². The number of anilines is 1. The van der Waals surface area contributed by atoms with Gasteiger partial charge in [0, 0.05) is 24.6 Å². The summed E-state index contributed by atoms with van der Waals surface area (Å²) >= 11 is 18.3. The molecule has 0 bridgehead atoms. The number of aromatic nitrogens is 2. The van der Waals surface area contributed by atoms with E-state index in [-0.39, 0.29) is 21.7 Å². The van der Waals surface area contributed by atoms with E-state index >= 15 is 0 Å². The van der Waals surface area contributed by atoms with Crippen LogP contribution in [0.2, 0.25) is 15.1 Å². The Hall–Kier alpha value is -2.54. The number of carbonyl (C=O) groups excluding carboxylic acids is 1. The van der Waals surface area contributed by atoms with Gasteiger partial charge in [0.15, 0.2) is 5.78 Å². The van der Waals surface area contributed by atoms with Crippen molar-refractivity contribution < 1.29 is 9.53 Å². The minimum Gasteiger partial charge on any atom is -0.497 e. The van der Waals surface area contributed by atoms with Crippen LogP contribution in [0.3, 0.4) is 0 Å². The number of rotatable bonds is 5. The molecule has 9 heteroatoms. The lowest BCUT2D eigenvalue weighted by Gasteiger charge is -2.33. The molecule has 0 aliphatic carbocycles. The third kappa shape index (κ3) is 4.49. The smallest absolute Gasteiger partial charge is 0.291 e. The zero-order chi connectivity index (χ0) is 22.8. The van der Waals surface area contributed by atoms with Crippen molar-refractivity contribution in [2.75, 3.05) is 25.1 Å². The number of Topliss-reactive ketones (excluding diaryl/α,β-unsaturated/α-hetero) is 1. The number of halogens is 3. The first-order valence-corrected chi connectivity index (χ1v) is 11.2. The summed E-state index contributed by atoms with van der Waals surface area (Å²) in [5.41, 5.74) is 1.53. The lowest BCUT2D eigenvalue weighted by atomic mass is 9.88. The molecule has 0 N–H and O–H groups in total. The summed E-state index contributed by atoms with van der Waals surface area (Å²) < 4.78 is 6.31. The average molecular weight is 493 g/mol. The van der Waals surface area contributed by atoms with Crippen molar-refractivity contribution in [3.8, 4) is 11.4 Å². The Labute approximate surface area is 200 Å². The van der Waals surface area contributed by atoms with Crippen LogP contribution < -0.4 is 15.2 Å². The second-order valence-corrected chi connectivity index (χ2v) is 8.71. The van der Waals surface area contributed by atoms with Crippen LogP contribution in [0.25, 0.3) is 5.69 Å². The van der Waals surface area contributed by atoms with Crippen molar-refractivity contribution in [1.29, 1.82) is 0 Å². The van der Waals surface area contributed by atoms with E-state index in [4.69, 9.17) is 39.5 Å². The minimum absolute atomic E-state index is 0.0309. The number of benzene rings is 2. The Kier molecular flexibility index (Phi) is 6.74. The summed E-state index contributed by atoms with van der Waals surface area (Å²) in [6.07, 6.45) is 2.78. The van der Waals surface area contributed by atoms with Gasteiger partial charge in [-0.2, -0.15) is 9.78 Å². The molecule has 0 unspecified atom stereocenters. The Morgan fingerprint density at radius 2 is 1.72 bits per heavy atom. The first-order chi connectivity index (χ1) is 15.4. The topological polar surface area (TPSA) is 64.4 Å². The van der Waals surface area contributed by atoms with Crippen LogP contribution in [-0.4, -0.2) is 35.8 Å². The van der Waals surface area contributed by atoms with Crippen LogP contribution in [-0.2, 0) is 0 Å². The second-order valence-electron chi connectivity index (χ2n) is 7.51. The quantitative estimate of drug-likeness (QED) is 0.452. The van der Waals surface area contributed by atoms with E-state index in [1.54, 1.807) is 31.4 Å². The van der Waals surface area contributed by atoms with Crippen molar-refractivity contribution in [1.82, 2.24) is 9.78 Å². The molecule has 1 aromatic heterocycles. The van der Waals surface area contributed by atoms with Gasteiger partial charge in [-0.15, -0.1) is 0 Å². The van der Waals surface area contributed by atoms with E-state index in [0.29, 0.717) is 29.4 Å². The van der Waals surface area contributed by atoms with Gasteiger partial charge >= 0.3 is 0 Å². The van der Waals surface area contributed by atoms with Crippen LogP contribution in [0.1, 0.15) is 23.2 Å². The highest BCUT2D eigenvalue weighted by Gasteiger charge is 2.27. The van der Waals surface area contributed by atoms with Gasteiger partial charge in [0.2, 0.25) is 0 Å². The van der Waals surface area contributed by atoms with Crippen LogP contribution in [0, 0.1) is 5.92 Å². The molecule has 0 amide bonds. The average Bonchev–Trinajstić information content (AvgIpc) is 2.82. The Morgan fingerprint density at radius 3 is 2.34 bits per heavy atom. The highest BCUT2D eigenvalue weighted by molar-refractivity contribution is 6.41. The number of ether oxygens (including phenoxy) is 1. The predicted molar refractivity (Wildman–Crippen MR) is 127 cm³/mol. The van der Waals surface area contributed by atoms with Crippen molar-refractivity contribution >= 4 is 46.3 Å². The van der Waals surface area contributed by atoms with Crippen molar-refractivity contribution in [3.05, 3.63) is 79.6 Å². The lowest BCUT2D eigenvalue weighted by molar-refractivity contribution is 0.0900. The normalized spacial score (nSPS) is 14.4. The van der Waals surface area contributed by atoms with Gasteiger partial charge in [-0.25, -0.2) is 0 Å². The lowest BCUT2D eigenvalue weighted by Crippen LogP contribution is -2.36. The van der Waals surface area contributed by atoms with Gasteiger partial charge in [-0.3, -0.25) is 9.59 Å². The molecule has 1 fully saturated rings. The molecule has 32 heavy (non-hydrogen) atoms. The summed E-state index contributed by atoms with van der Waals surface area (Å²) in [7, 11) is 1.60. The number of hydrogen-bond donors (Lipinski definition) is 0. The highest BCUT2D eigenvalue weighted by Crippen LogP contribution is 2.32. The zero-order valence-corrected chi connectivity index (χ0v) is 19.5. The molecular weight excluding hydrogens is 473 g/mol. The molecule has 166 valence electrons. The van der Waals surface area contributed by atoms with E-state index in [1.165, 1.54) is 6.20 Å². The maximum absolute atomic E-state index is 12.8. The predicted octanol–water partition coefficient (Wildman–Crippen LogP) is 5.30. The molecule has 1 saturated heterocycles. The Balaban J connectivity index is 1.46. The van der Waals surface area contributed by atoms with Crippen LogP contribution in [0.15, 0.2) is 53.5 Å². The largest absolute Gasteiger partial charge is 0.497 e. The first-order valence-electron chi connectivity index (χ1n) is 10.1. The van der Waals surface area contributed by atoms with Gasteiger partial charge in [0.1, 0.15) is 10.8 Å². The fraction of sp³-hybridized carbons (Fsp3) is 0.261. The van der Waals surface area contributed by atoms with Gasteiger partial charge in [0.25, 0.3) is 5.56 Å². The van der Waals surface area contributed by atoms with Crippen LogP contribution in [0.4, 0.5) is 5.69 Å². The molecule has 6 nitrogen and oxygen atoms in total. The molecule has 0 spiro atoms. The number of hydrogen-bond acceptors (Lipinski definition) is 5. The summed E-state index contributed by atoms with van der Waals surface area (Å²) in [6, 6.07) is 12.5. The van der Waals surface area contributed by atoms with E-state index in [9.17, 15) is 9.59 Å². The molecule has 1 aliphatic rings. The molecule has 4 rings (SSSR count). The fourth-order valence-electron chi connectivity index (χ4n) is 3.85. The number of piperidine rings is 1. The second kappa shape index (κ2) is 9.53. The Bertz CT molecular complexity index is 1200. The molecule has 0 atom stereocenters. The first kappa shape index (κ1) is 22.6. The van der Waals surface area contributed by atoms with Crippen molar-refractivity contribution in [3.63, 3.8) is 0 Å². The van der Waals surface area contributed by atoms with Gasteiger partial charge in [-0.1, -0.05) is 34.8 Å². The molecule has 0 radical (unpaired) electrons.